The lowest BCUT2D eigenvalue weighted by molar-refractivity contribution is 0.549. The van der Waals surface area contributed by atoms with E-state index in [-0.39, 0.29) is 10.8 Å². The first-order chi connectivity index (χ1) is 7.18. The quantitative estimate of drug-likeness (QED) is 0.665. The van der Waals surface area contributed by atoms with Gasteiger partial charge in [0.2, 0.25) is 0 Å². The highest BCUT2D eigenvalue weighted by Crippen LogP contribution is 2.31. The van der Waals surface area contributed by atoms with Crippen molar-refractivity contribution in [3.8, 4) is 6.07 Å². The molecule has 0 saturated heterocycles. The van der Waals surface area contributed by atoms with Crippen molar-refractivity contribution in [2.45, 2.75) is 52.4 Å². The summed E-state index contributed by atoms with van der Waals surface area (Å²) in [5.74, 6) is 0. The van der Waals surface area contributed by atoms with E-state index in [1.807, 2.05) is 12.3 Å². The Morgan fingerprint density at radius 2 is 1.62 bits per heavy atom. The van der Waals surface area contributed by atoms with Crippen LogP contribution in [0, 0.1) is 11.3 Å². The fraction of sp³-hybridized carbons (Fsp3) is 0.571. The average molecular weight is 216 g/mol. The molecule has 0 aromatic carbocycles. The molecular formula is C14H20N2. The second-order valence-electron chi connectivity index (χ2n) is 6.19. The average Bonchev–Trinajstić information content (AvgIpc) is 2.13. The highest BCUT2D eigenvalue weighted by atomic mass is 14.7. The van der Waals surface area contributed by atoms with Gasteiger partial charge in [0.05, 0.1) is 11.3 Å². The lowest BCUT2D eigenvalue weighted by Crippen LogP contribution is -2.21. The Morgan fingerprint density at radius 1 is 1.06 bits per heavy atom. The van der Waals surface area contributed by atoms with Gasteiger partial charge in [-0.25, -0.2) is 0 Å². The molecule has 0 aliphatic carbocycles. The summed E-state index contributed by atoms with van der Waals surface area (Å²) < 4.78 is 0. The standard InChI is InChI=1S/C14H20N2/c1-13(2,3)11-7-8-16-12(10(11)9-15)14(4,5)6/h7-8H,1-6H3. The van der Waals surface area contributed by atoms with Crippen molar-refractivity contribution in [1.82, 2.24) is 4.98 Å². The maximum atomic E-state index is 9.34. The van der Waals surface area contributed by atoms with Gasteiger partial charge < -0.3 is 0 Å². The summed E-state index contributed by atoms with van der Waals surface area (Å²) in [5, 5.41) is 9.34. The minimum Gasteiger partial charge on any atom is -0.259 e. The Labute approximate surface area is 98.3 Å². The van der Waals surface area contributed by atoms with Crippen molar-refractivity contribution in [3.05, 3.63) is 29.1 Å². The van der Waals surface area contributed by atoms with E-state index in [1.165, 1.54) is 0 Å². The van der Waals surface area contributed by atoms with Gasteiger partial charge in [0, 0.05) is 11.6 Å². The van der Waals surface area contributed by atoms with Gasteiger partial charge in [0.15, 0.2) is 0 Å². The lowest BCUT2D eigenvalue weighted by Gasteiger charge is -2.25. The van der Waals surface area contributed by atoms with Crippen LogP contribution in [-0.2, 0) is 10.8 Å². The zero-order chi connectivity index (χ0) is 12.6. The predicted octanol–water partition coefficient (Wildman–Crippen LogP) is 3.55. The van der Waals surface area contributed by atoms with E-state index in [2.05, 4.69) is 52.6 Å². The third-order valence-corrected chi connectivity index (χ3v) is 2.58. The molecule has 0 unspecified atom stereocenters. The van der Waals surface area contributed by atoms with Crippen LogP contribution in [0.15, 0.2) is 12.3 Å². The summed E-state index contributed by atoms with van der Waals surface area (Å²) in [7, 11) is 0. The van der Waals surface area contributed by atoms with E-state index < -0.39 is 0 Å². The minimum absolute atomic E-state index is 0.0198. The molecule has 0 radical (unpaired) electrons. The Morgan fingerprint density at radius 3 is 2.00 bits per heavy atom. The third kappa shape index (κ3) is 2.41. The monoisotopic (exact) mass is 216 g/mol. The number of nitrogens with zero attached hydrogens (tertiary/aromatic N) is 2. The summed E-state index contributed by atoms with van der Waals surface area (Å²) >= 11 is 0. The van der Waals surface area contributed by atoms with Gasteiger partial charge in [-0.2, -0.15) is 5.26 Å². The molecule has 1 rings (SSSR count). The molecule has 2 heteroatoms. The Bertz CT molecular complexity index is 393. The maximum absolute atomic E-state index is 9.34. The van der Waals surface area contributed by atoms with E-state index in [0.29, 0.717) is 0 Å². The van der Waals surface area contributed by atoms with E-state index in [4.69, 9.17) is 0 Å². The summed E-state index contributed by atoms with van der Waals surface area (Å²) in [4.78, 5) is 4.37. The van der Waals surface area contributed by atoms with Crippen molar-refractivity contribution in [3.63, 3.8) is 0 Å². The van der Waals surface area contributed by atoms with Crippen molar-refractivity contribution in [2.75, 3.05) is 0 Å². The molecule has 0 saturated carbocycles. The van der Waals surface area contributed by atoms with E-state index >= 15 is 0 Å². The largest absolute Gasteiger partial charge is 0.259 e. The molecule has 0 atom stereocenters. The predicted molar refractivity (Wildman–Crippen MR) is 66.4 cm³/mol. The zero-order valence-corrected chi connectivity index (χ0v) is 11.0. The van der Waals surface area contributed by atoms with Crippen molar-refractivity contribution in [2.24, 2.45) is 0 Å². The van der Waals surface area contributed by atoms with Gasteiger partial charge >= 0.3 is 0 Å². The van der Waals surface area contributed by atoms with Crippen LogP contribution >= 0.6 is 0 Å². The van der Waals surface area contributed by atoms with Crippen LogP contribution in [0.4, 0.5) is 0 Å². The topological polar surface area (TPSA) is 36.7 Å². The Kier molecular flexibility index (Phi) is 3.10. The van der Waals surface area contributed by atoms with Gasteiger partial charge in [-0.15, -0.1) is 0 Å². The summed E-state index contributed by atoms with van der Waals surface area (Å²) in [6.45, 7) is 12.6. The summed E-state index contributed by atoms with van der Waals surface area (Å²) in [6, 6.07) is 4.27. The number of pyridine rings is 1. The summed E-state index contributed by atoms with van der Waals surface area (Å²) in [5.41, 5.74) is 2.60. The lowest BCUT2D eigenvalue weighted by atomic mass is 9.80. The number of aromatic nitrogens is 1. The van der Waals surface area contributed by atoms with Crippen molar-refractivity contribution < 1.29 is 0 Å². The second-order valence-corrected chi connectivity index (χ2v) is 6.19. The molecule has 0 amide bonds. The first-order valence-corrected chi connectivity index (χ1v) is 5.58. The molecule has 1 heterocycles. The van der Waals surface area contributed by atoms with E-state index in [0.717, 1.165) is 16.8 Å². The molecule has 0 fully saturated rings. The Hall–Kier alpha value is -1.36. The smallest absolute Gasteiger partial charge is 0.101 e. The Balaban J connectivity index is 3.53. The maximum Gasteiger partial charge on any atom is 0.101 e. The first kappa shape index (κ1) is 12.7. The molecule has 86 valence electrons. The molecule has 0 aliphatic rings. The van der Waals surface area contributed by atoms with Crippen molar-refractivity contribution >= 4 is 0 Å². The number of hydrogen-bond acceptors (Lipinski definition) is 2. The number of rotatable bonds is 0. The van der Waals surface area contributed by atoms with Gasteiger partial charge in [-0.05, 0) is 17.0 Å². The fourth-order valence-corrected chi connectivity index (χ4v) is 1.77. The van der Waals surface area contributed by atoms with E-state index in [1.54, 1.807) is 0 Å². The van der Waals surface area contributed by atoms with E-state index in [9.17, 15) is 5.26 Å². The van der Waals surface area contributed by atoms with Gasteiger partial charge in [-0.1, -0.05) is 41.5 Å². The number of nitriles is 1. The molecule has 0 spiro atoms. The second kappa shape index (κ2) is 3.90. The zero-order valence-electron chi connectivity index (χ0n) is 11.0. The molecule has 1 aromatic rings. The van der Waals surface area contributed by atoms with Crippen LogP contribution in [-0.4, -0.2) is 4.98 Å². The van der Waals surface area contributed by atoms with Gasteiger partial charge in [0.1, 0.15) is 6.07 Å². The fourth-order valence-electron chi connectivity index (χ4n) is 1.77. The highest BCUT2D eigenvalue weighted by Gasteiger charge is 2.26. The van der Waals surface area contributed by atoms with Crippen LogP contribution < -0.4 is 0 Å². The SMILES string of the molecule is CC(C)(C)c1ccnc(C(C)(C)C)c1C#N. The van der Waals surface area contributed by atoms with Crippen LogP contribution in [0.3, 0.4) is 0 Å². The van der Waals surface area contributed by atoms with Gasteiger partial charge in [-0.3, -0.25) is 4.98 Å². The molecule has 0 bridgehead atoms. The molecule has 0 N–H and O–H groups in total. The van der Waals surface area contributed by atoms with Crippen LogP contribution in [0.5, 0.6) is 0 Å². The van der Waals surface area contributed by atoms with Crippen LogP contribution in [0.2, 0.25) is 0 Å². The third-order valence-electron chi connectivity index (χ3n) is 2.58. The first-order valence-electron chi connectivity index (χ1n) is 5.58. The molecule has 1 aromatic heterocycles. The van der Waals surface area contributed by atoms with Crippen LogP contribution in [0.1, 0.15) is 58.4 Å². The van der Waals surface area contributed by atoms with Gasteiger partial charge in [0.25, 0.3) is 0 Å². The molecular weight excluding hydrogens is 196 g/mol. The highest BCUT2D eigenvalue weighted by molar-refractivity contribution is 5.46. The molecule has 16 heavy (non-hydrogen) atoms. The van der Waals surface area contributed by atoms with Crippen LogP contribution in [0.25, 0.3) is 0 Å². The number of hydrogen-bond donors (Lipinski definition) is 0. The molecule has 0 aliphatic heterocycles. The van der Waals surface area contributed by atoms with Crippen molar-refractivity contribution in [1.29, 1.82) is 5.26 Å². The normalized spacial score (nSPS) is 12.3. The minimum atomic E-state index is -0.0909. The summed E-state index contributed by atoms with van der Waals surface area (Å²) in [6.07, 6.45) is 1.81. The molecule has 2 nitrogen and oxygen atoms in total.